The molecule has 0 spiro atoms. The lowest BCUT2D eigenvalue weighted by Crippen LogP contribution is -2.17. The van der Waals surface area contributed by atoms with Crippen LogP contribution in [0.15, 0.2) is 28.8 Å². The lowest BCUT2D eigenvalue weighted by Gasteiger charge is -2.20. The van der Waals surface area contributed by atoms with Crippen LogP contribution < -0.4 is 0 Å². The number of carbonyl (C=O) groups is 1. The van der Waals surface area contributed by atoms with Gasteiger partial charge in [-0.05, 0) is 49.0 Å². The molecule has 0 amide bonds. The van der Waals surface area contributed by atoms with Gasteiger partial charge < -0.3 is 9.26 Å². The molecule has 5 nitrogen and oxygen atoms in total. The Bertz CT molecular complexity index is 738. The number of carbonyl (C=O) groups excluding carboxylic acids is 1. The van der Waals surface area contributed by atoms with Crippen LogP contribution in [-0.2, 0) is 22.6 Å². The number of esters is 1. The van der Waals surface area contributed by atoms with Crippen molar-refractivity contribution < 1.29 is 14.1 Å². The number of benzene rings is 1. The van der Waals surface area contributed by atoms with Crippen molar-refractivity contribution in [2.75, 3.05) is 0 Å². The molecule has 2 bridgehead atoms. The molecule has 5 heteroatoms. The number of aryl methyl sites for hydroxylation is 1. The molecule has 2 aliphatic carbocycles. The third-order valence-electron chi connectivity index (χ3n) is 5.76. The number of rotatable bonds is 6. The summed E-state index contributed by atoms with van der Waals surface area (Å²) in [6, 6.07) is 8.07. The summed E-state index contributed by atoms with van der Waals surface area (Å²) in [6.07, 6.45) is 6.66. The van der Waals surface area contributed by atoms with E-state index < -0.39 is 0 Å². The SMILES string of the molecule is CCc1ccc(-c2noc(COC(=O)C[C@@H]3C[C@H]4CC[C@@H]3C4)n2)cc1. The molecule has 25 heavy (non-hydrogen) atoms. The van der Waals surface area contributed by atoms with Gasteiger partial charge in [-0.25, -0.2) is 0 Å². The molecule has 2 aliphatic rings. The smallest absolute Gasteiger partial charge is 0.306 e. The summed E-state index contributed by atoms with van der Waals surface area (Å²) in [4.78, 5) is 16.4. The van der Waals surface area contributed by atoms with Gasteiger partial charge in [-0.1, -0.05) is 42.8 Å². The average molecular weight is 340 g/mol. The van der Waals surface area contributed by atoms with Crippen LogP contribution in [0.2, 0.25) is 0 Å². The first-order chi connectivity index (χ1) is 12.2. The normalized spacial score (nSPS) is 24.6. The van der Waals surface area contributed by atoms with Crippen LogP contribution in [0.1, 0.15) is 50.5 Å². The molecular weight excluding hydrogens is 316 g/mol. The quantitative estimate of drug-likeness (QED) is 0.739. The van der Waals surface area contributed by atoms with Crippen LogP contribution in [0.4, 0.5) is 0 Å². The van der Waals surface area contributed by atoms with Crippen LogP contribution in [0.5, 0.6) is 0 Å². The molecular formula is C20H24N2O3. The molecule has 0 N–H and O–H groups in total. The number of hydrogen-bond acceptors (Lipinski definition) is 5. The van der Waals surface area contributed by atoms with Crippen molar-refractivity contribution in [2.24, 2.45) is 17.8 Å². The molecule has 1 heterocycles. The minimum Gasteiger partial charge on any atom is -0.456 e. The lowest BCUT2D eigenvalue weighted by atomic mass is 9.86. The van der Waals surface area contributed by atoms with Crippen molar-refractivity contribution in [3.63, 3.8) is 0 Å². The maximum absolute atomic E-state index is 12.1. The van der Waals surface area contributed by atoms with Crippen molar-refractivity contribution in [1.29, 1.82) is 0 Å². The zero-order valence-electron chi connectivity index (χ0n) is 14.6. The molecule has 2 aromatic rings. The van der Waals surface area contributed by atoms with Crippen LogP contribution in [-0.4, -0.2) is 16.1 Å². The van der Waals surface area contributed by atoms with E-state index in [1.165, 1.54) is 31.2 Å². The van der Waals surface area contributed by atoms with Crippen LogP contribution in [0.3, 0.4) is 0 Å². The molecule has 2 saturated carbocycles. The van der Waals surface area contributed by atoms with Gasteiger partial charge in [0.2, 0.25) is 5.82 Å². The molecule has 132 valence electrons. The predicted molar refractivity (Wildman–Crippen MR) is 92.5 cm³/mol. The Labute approximate surface area is 147 Å². The minimum absolute atomic E-state index is 0.0553. The van der Waals surface area contributed by atoms with Crippen molar-refractivity contribution in [1.82, 2.24) is 10.1 Å². The Hall–Kier alpha value is -2.17. The highest BCUT2D eigenvalue weighted by molar-refractivity contribution is 5.69. The fourth-order valence-electron chi connectivity index (χ4n) is 4.36. The maximum atomic E-state index is 12.1. The van der Waals surface area contributed by atoms with Gasteiger partial charge in [-0.15, -0.1) is 0 Å². The van der Waals surface area contributed by atoms with E-state index in [1.54, 1.807) is 0 Å². The summed E-state index contributed by atoms with van der Waals surface area (Å²) in [6.45, 7) is 2.17. The minimum atomic E-state index is -0.149. The second kappa shape index (κ2) is 6.98. The third kappa shape index (κ3) is 3.60. The molecule has 0 unspecified atom stereocenters. The zero-order valence-corrected chi connectivity index (χ0v) is 14.6. The Balaban J connectivity index is 1.29. The number of hydrogen-bond donors (Lipinski definition) is 0. The summed E-state index contributed by atoms with van der Waals surface area (Å²) in [5.41, 5.74) is 2.17. The van der Waals surface area contributed by atoms with E-state index >= 15 is 0 Å². The van der Waals surface area contributed by atoms with E-state index in [0.717, 1.165) is 23.8 Å². The van der Waals surface area contributed by atoms with Crippen molar-refractivity contribution in [3.8, 4) is 11.4 Å². The van der Waals surface area contributed by atoms with E-state index in [9.17, 15) is 4.79 Å². The van der Waals surface area contributed by atoms with Crippen molar-refractivity contribution in [3.05, 3.63) is 35.7 Å². The van der Waals surface area contributed by atoms with Crippen LogP contribution in [0.25, 0.3) is 11.4 Å². The van der Waals surface area contributed by atoms with Gasteiger partial charge in [0.05, 0.1) is 0 Å². The average Bonchev–Trinajstić information content (AvgIpc) is 3.37. The first kappa shape index (κ1) is 16.3. The highest BCUT2D eigenvalue weighted by Gasteiger charge is 2.40. The first-order valence-electron chi connectivity index (χ1n) is 9.28. The summed E-state index contributed by atoms with van der Waals surface area (Å²) in [7, 11) is 0. The second-order valence-corrected chi connectivity index (χ2v) is 7.36. The van der Waals surface area contributed by atoms with Gasteiger partial charge in [0.25, 0.3) is 5.89 Å². The standard InChI is InChI=1S/C20H24N2O3/c1-2-13-3-6-15(7-4-13)20-21-18(25-22-20)12-24-19(23)11-17-10-14-5-8-16(17)9-14/h3-4,6-7,14,16-17H,2,5,8-12H2,1H3/t14-,16+,17-/m0/s1. The fourth-order valence-corrected chi connectivity index (χ4v) is 4.36. The third-order valence-corrected chi connectivity index (χ3v) is 5.76. The predicted octanol–water partition coefficient (Wildman–Crippen LogP) is 4.17. The highest BCUT2D eigenvalue weighted by Crippen LogP contribution is 2.49. The molecule has 0 saturated heterocycles. The fraction of sp³-hybridized carbons (Fsp3) is 0.550. The van der Waals surface area contributed by atoms with Crippen LogP contribution >= 0.6 is 0 Å². The van der Waals surface area contributed by atoms with Gasteiger partial charge in [-0.3, -0.25) is 4.79 Å². The maximum Gasteiger partial charge on any atom is 0.306 e. The Morgan fingerprint density at radius 3 is 2.76 bits per heavy atom. The van der Waals surface area contributed by atoms with Gasteiger partial charge in [0.1, 0.15) is 0 Å². The Morgan fingerprint density at radius 2 is 2.08 bits per heavy atom. The molecule has 0 aliphatic heterocycles. The summed E-state index contributed by atoms with van der Waals surface area (Å²) < 4.78 is 10.6. The second-order valence-electron chi connectivity index (χ2n) is 7.36. The highest BCUT2D eigenvalue weighted by atomic mass is 16.6. The first-order valence-corrected chi connectivity index (χ1v) is 9.28. The number of fused-ring (bicyclic) bond motifs is 2. The molecule has 0 radical (unpaired) electrons. The van der Waals surface area contributed by atoms with Gasteiger partial charge in [0.15, 0.2) is 6.61 Å². The van der Waals surface area contributed by atoms with E-state index in [1.807, 2.05) is 12.1 Å². The molecule has 4 rings (SSSR count). The number of aromatic nitrogens is 2. The topological polar surface area (TPSA) is 65.2 Å². The van der Waals surface area contributed by atoms with Gasteiger partial charge in [-0.2, -0.15) is 4.98 Å². The monoisotopic (exact) mass is 340 g/mol. The van der Waals surface area contributed by atoms with Crippen molar-refractivity contribution in [2.45, 2.75) is 52.1 Å². The largest absolute Gasteiger partial charge is 0.456 e. The summed E-state index contributed by atoms with van der Waals surface area (Å²) in [5.74, 6) is 2.82. The lowest BCUT2D eigenvalue weighted by molar-refractivity contribution is -0.147. The van der Waals surface area contributed by atoms with Crippen molar-refractivity contribution >= 4 is 5.97 Å². The summed E-state index contributed by atoms with van der Waals surface area (Å²) in [5, 5.41) is 3.98. The summed E-state index contributed by atoms with van der Waals surface area (Å²) >= 11 is 0. The molecule has 2 fully saturated rings. The van der Waals surface area contributed by atoms with E-state index in [2.05, 4.69) is 29.2 Å². The van der Waals surface area contributed by atoms with Gasteiger partial charge in [0, 0.05) is 12.0 Å². The number of nitrogens with zero attached hydrogens (tertiary/aromatic N) is 2. The number of ether oxygens (including phenoxy) is 1. The molecule has 1 aromatic heterocycles. The van der Waals surface area contributed by atoms with E-state index in [0.29, 0.717) is 24.1 Å². The molecule has 1 aromatic carbocycles. The molecule has 3 atom stereocenters. The van der Waals surface area contributed by atoms with Gasteiger partial charge >= 0.3 is 5.97 Å². The Morgan fingerprint density at radius 1 is 1.24 bits per heavy atom. The van der Waals surface area contributed by atoms with E-state index in [4.69, 9.17) is 9.26 Å². The zero-order chi connectivity index (χ0) is 17.2. The Kier molecular flexibility index (Phi) is 4.55. The van der Waals surface area contributed by atoms with E-state index in [-0.39, 0.29) is 12.6 Å². The van der Waals surface area contributed by atoms with Crippen LogP contribution in [0, 0.1) is 17.8 Å².